The van der Waals surface area contributed by atoms with Crippen LogP contribution in [0, 0.1) is 5.92 Å². The molecular weight excluding hydrogens is 303 g/mol. The third kappa shape index (κ3) is 4.59. The zero-order chi connectivity index (χ0) is 15.4. The van der Waals surface area contributed by atoms with Gasteiger partial charge in [0.15, 0.2) is 0 Å². The number of nitrogens with one attached hydrogen (secondary N) is 1. The van der Waals surface area contributed by atoms with Crippen LogP contribution in [-0.2, 0) is 6.54 Å². The molecule has 4 heteroatoms. The topological polar surface area (TPSA) is 15.3 Å². The van der Waals surface area contributed by atoms with Crippen LogP contribution in [0.2, 0.25) is 10.0 Å². The number of hydrogen-bond donors (Lipinski definition) is 1. The van der Waals surface area contributed by atoms with Gasteiger partial charge in [-0.25, -0.2) is 0 Å². The van der Waals surface area contributed by atoms with Gasteiger partial charge in [-0.05, 0) is 30.0 Å². The van der Waals surface area contributed by atoms with Crippen molar-refractivity contribution in [1.82, 2.24) is 10.2 Å². The molecule has 2 nitrogen and oxygen atoms in total. The molecule has 1 saturated heterocycles. The summed E-state index contributed by atoms with van der Waals surface area (Å²) in [5.41, 5.74) is 1.17. The molecule has 0 aromatic heterocycles. The third-order valence-electron chi connectivity index (χ3n) is 4.38. The average molecular weight is 329 g/mol. The van der Waals surface area contributed by atoms with Gasteiger partial charge in [-0.3, -0.25) is 4.90 Å². The first-order valence-corrected chi connectivity index (χ1v) is 8.68. The maximum absolute atomic E-state index is 6.35. The van der Waals surface area contributed by atoms with Crippen molar-refractivity contribution >= 4 is 23.2 Å². The summed E-state index contributed by atoms with van der Waals surface area (Å²) in [7, 11) is 0. The van der Waals surface area contributed by atoms with Crippen LogP contribution < -0.4 is 5.32 Å². The lowest BCUT2D eigenvalue weighted by Crippen LogP contribution is -2.57. The predicted octanol–water partition coefficient (Wildman–Crippen LogP) is 4.59. The molecule has 1 fully saturated rings. The molecule has 2 rings (SSSR count). The summed E-state index contributed by atoms with van der Waals surface area (Å²) < 4.78 is 0. The molecule has 1 heterocycles. The molecule has 0 radical (unpaired) electrons. The fourth-order valence-electron chi connectivity index (χ4n) is 3.01. The molecule has 0 bridgehead atoms. The standard InChI is InChI=1S/C17H26Cl2N2/c1-4-5-15-9-20-17(12(2)3)11-21(15)10-13-6-7-14(18)8-16(13)19/h6-8,12,15,17,20H,4-5,9-11H2,1-3H3. The second-order valence-electron chi connectivity index (χ2n) is 6.37. The van der Waals surface area contributed by atoms with Crippen LogP contribution in [0.15, 0.2) is 18.2 Å². The predicted molar refractivity (Wildman–Crippen MR) is 92.2 cm³/mol. The second kappa shape index (κ2) is 7.82. The molecule has 0 spiro atoms. The van der Waals surface area contributed by atoms with E-state index < -0.39 is 0 Å². The molecule has 21 heavy (non-hydrogen) atoms. The van der Waals surface area contributed by atoms with Gasteiger partial charge >= 0.3 is 0 Å². The largest absolute Gasteiger partial charge is 0.311 e. The van der Waals surface area contributed by atoms with Crippen LogP contribution in [0.4, 0.5) is 0 Å². The fraction of sp³-hybridized carbons (Fsp3) is 0.647. The minimum atomic E-state index is 0.559. The molecule has 1 aromatic rings. The highest BCUT2D eigenvalue weighted by molar-refractivity contribution is 6.35. The van der Waals surface area contributed by atoms with E-state index in [1.54, 1.807) is 0 Å². The zero-order valence-corrected chi connectivity index (χ0v) is 14.7. The summed E-state index contributed by atoms with van der Waals surface area (Å²) in [6.07, 6.45) is 2.44. The minimum absolute atomic E-state index is 0.559. The second-order valence-corrected chi connectivity index (χ2v) is 7.21. The molecule has 1 aliphatic rings. The first-order valence-electron chi connectivity index (χ1n) is 7.92. The van der Waals surface area contributed by atoms with E-state index in [-0.39, 0.29) is 0 Å². The van der Waals surface area contributed by atoms with Crippen molar-refractivity contribution in [1.29, 1.82) is 0 Å². The van der Waals surface area contributed by atoms with Gasteiger partial charge in [0.1, 0.15) is 0 Å². The van der Waals surface area contributed by atoms with Crippen LogP contribution in [0.5, 0.6) is 0 Å². The molecule has 0 amide bonds. The monoisotopic (exact) mass is 328 g/mol. The van der Waals surface area contributed by atoms with Crippen LogP contribution in [0.1, 0.15) is 39.2 Å². The van der Waals surface area contributed by atoms with Gasteiger partial charge < -0.3 is 5.32 Å². The smallest absolute Gasteiger partial charge is 0.0465 e. The summed E-state index contributed by atoms with van der Waals surface area (Å²) in [4.78, 5) is 2.58. The number of halogens is 2. The van der Waals surface area contributed by atoms with Gasteiger partial charge in [0.2, 0.25) is 0 Å². The molecule has 1 aliphatic heterocycles. The Morgan fingerprint density at radius 1 is 1.33 bits per heavy atom. The lowest BCUT2D eigenvalue weighted by molar-refractivity contribution is 0.0998. The lowest BCUT2D eigenvalue weighted by Gasteiger charge is -2.42. The van der Waals surface area contributed by atoms with Crippen molar-refractivity contribution in [3.63, 3.8) is 0 Å². The van der Waals surface area contributed by atoms with Gasteiger partial charge in [-0.2, -0.15) is 0 Å². The van der Waals surface area contributed by atoms with Crippen LogP contribution in [0.3, 0.4) is 0 Å². The fourth-order valence-corrected chi connectivity index (χ4v) is 3.48. The molecule has 1 N–H and O–H groups in total. The van der Waals surface area contributed by atoms with Crippen LogP contribution in [0.25, 0.3) is 0 Å². The van der Waals surface area contributed by atoms with Gasteiger partial charge in [0.05, 0.1) is 0 Å². The quantitative estimate of drug-likeness (QED) is 0.850. The Morgan fingerprint density at radius 3 is 2.71 bits per heavy atom. The van der Waals surface area contributed by atoms with Gasteiger partial charge in [-0.15, -0.1) is 0 Å². The summed E-state index contributed by atoms with van der Waals surface area (Å²) in [6, 6.07) is 6.98. The van der Waals surface area contributed by atoms with Crippen molar-refractivity contribution in [2.75, 3.05) is 13.1 Å². The molecule has 118 valence electrons. The van der Waals surface area contributed by atoms with E-state index >= 15 is 0 Å². The Balaban J connectivity index is 2.11. The maximum Gasteiger partial charge on any atom is 0.0465 e. The Morgan fingerprint density at radius 2 is 2.10 bits per heavy atom. The van der Waals surface area contributed by atoms with Crippen molar-refractivity contribution in [2.45, 2.75) is 52.2 Å². The van der Waals surface area contributed by atoms with Gasteiger partial charge in [-0.1, -0.05) is 56.5 Å². The van der Waals surface area contributed by atoms with E-state index in [0.29, 0.717) is 23.0 Å². The van der Waals surface area contributed by atoms with E-state index in [1.165, 1.54) is 18.4 Å². The van der Waals surface area contributed by atoms with Crippen LogP contribution in [-0.4, -0.2) is 30.1 Å². The molecule has 2 unspecified atom stereocenters. The zero-order valence-electron chi connectivity index (χ0n) is 13.2. The van der Waals surface area contributed by atoms with Crippen molar-refractivity contribution in [2.24, 2.45) is 5.92 Å². The van der Waals surface area contributed by atoms with E-state index in [1.807, 2.05) is 12.1 Å². The normalized spacial score (nSPS) is 23.7. The molecule has 2 atom stereocenters. The van der Waals surface area contributed by atoms with Crippen molar-refractivity contribution in [3.05, 3.63) is 33.8 Å². The molecule has 1 aromatic carbocycles. The number of rotatable bonds is 5. The summed E-state index contributed by atoms with van der Waals surface area (Å²) in [6.45, 7) is 9.88. The Labute approximate surface area is 138 Å². The van der Waals surface area contributed by atoms with Gasteiger partial charge in [0.25, 0.3) is 0 Å². The van der Waals surface area contributed by atoms with E-state index in [0.717, 1.165) is 24.7 Å². The first-order chi connectivity index (χ1) is 10.0. The number of hydrogen-bond acceptors (Lipinski definition) is 2. The number of piperazine rings is 1. The number of nitrogens with zero attached hydrogens (tertiary/aromatic N) is 1. The number of benzene rings is 1. The molecular formula is C17H26Cl2N2. The van der Waals surface area contributed by atoms with Crippen molar-refractivity contribution in [3.8, 4) is 0 Å². The average Bonchev–Trinajstić information content (AvgIpc) is 2.43. The van der Waals surface area contributed by atoms with Gasteiger partial charge in [0, 0.05) is 41.8 Å². The highest BCUT2D eigenvalue weighted by Gasteiger charge is 2.29. The maximum atomic E-state index is 6.35. The summed E-state index contributed by atoms with van der Waals surface area (Å²) in [5, 5.41) is 5.18. The lowest BCUT2D eigenvalue weighted by atomic mass is 9.97. The van der Waals surface area contributed by atoms with Crippen LogP contribution >= 0.6 is 23.2 Å². The summed E-state index contributed by atoms with van der Waals surface area (Å²) >= 11 is 12.3. The molecule has 0 saturated carbocycles. The third-order valence-corrected chi connectivity index (χ3v) is 4.97. The Kier molecular flexibility index (Phi) is 6.36. The molecule has 0 aliphatic carbocycles. The summed E-state index contributed by atoms with van der Waals surface area (Å²) in [5.74, 6) is 0.649. The van der Waals surface area contributed by atoms with Crippen molar-refractivity contribution < 1.29 is 0 Å². The minimum Gasteiger partial charge on any atom is -0.311 e. The first kappa shape index (κ1) is 17.1. The van der Waals surface area contributed by atoms with E-state index in [2.05, 4.69) is 37.1 Å². The van der Waals surface area contributed by atoms with E-state index in [9.17, 15) is 0 Å². The SMILES string of the molecule is CCCC1CNC(C(C)C)CN1Cc1ccc(Cl)cc1Cl. The highest BCUT2D eigenvalue weighted by Crippen LogP contribution is 2.25. The highest BCUT2D eigenvalue weighted by atomic mass is 35.5. The Hall–Kier alpha value is -0.280. The van der Waals surface area contributed by atoms with E-state index in [4.69, 9.17) is 23.2 Å². The Bertz CT molecular complexity index is 462.